The van der Waals surface area contributed by atoms with Crippen molar-refractivity contribution in [3.05, 3.63) is 41.3 Å². The lowest BCUT2D eigenvalue weighted by Crippen LogP contribution is -2.41. The zero-order valence-corrected chi connectivity index (χ0v) is 18.7. The van der Waals surface area contributed by atoms with Crippen LogP contribution in [-0.2, 0) is 13.1 Å². The predicted molar refractivity (Wildman–Crippen MR) is 117 cm³/mol. The van der Waals surface area contributed by atoms with Gasteiger partial charge in [-0.05, 0) is 37.0 Å². The molecule has 1 atom stereocenters. The van der Waals surface area contributed by atoms with Crippen LogP contribution in [0.4, 0.5) is 0 Å². The Morgan fingerprint density at radius 1 is 1.23 bits per heavy atom. The number of benzene rings is 1. The van der Waals surface area contributed by atoms with E-state index in [0.717, 1.165) is 48.7 Å². The third kappa shape index (κ3) is 7.21. The van der Waals surface area contributed by atoms with Crippen LogP contribution in [-0.4, -0.2) is 65.8 Å². The van der Waals surface area contributed by atoms with Crippen LogP contribution in [0.25, 0.3) is 0 Å². The Hall–Kier alpha value is -2.13. The van der Waals surface area contributed by atoms with E-state index in [4.69, 9.17) is 14.0 Å². The van der Waals surface area contributed by atoms with Gasteiger partial charge in [-0.15, -0.1) is 0 Å². The van der Waals surface area contributed by atoms with Gasteiger partial charge in [0.15, 0.2) is 5.76 Å². The van der Waals surface area contributed by atoms with Gasteiger partial charge in [0.25, 0.3) is 0 Å². The van der Waals surface area contributed by atoms with Gasteiger partial charge in [0.2, 0.25) is 0 Å². The van der Waals surface area contributed by atoms with E-state index in [1.165, 1.54) is 0 Å². The molecule has 3 rings (SSSR count). The molecule has 1 saturated heterocycles. The molecular weight excluding hydrogens is 398 g/mol. The second-order valence-electron chi connectivity index (χ2n) is 8.45. The highest BCUT2D eigenvalue weighted by molar-refractivity contribution is 5.40. The smallest absolute Gasteiger partial charge is 0.150 e. The highest BCUT2D eigenvalue weighted by Crippen LogP contribution is 2.25. The van der Waals surface area contributed by atoms with Crippen LogP contribution in [0.2, 0.25) is 0 Å². The summed E-state index contributed by atoms with van der Waals surface area (Å²) in [5.41, 5.74) is 1.88. The second-order valence-corrected chi connectivity index (χ2v) is 8.45. The van der Waals surface area contributed by atoms with Crippen molar-refractivity contribution < 1.29 is 24.2 Å². The summed E-state index contributed by atoms with van der Waals surface area (Å²) in [4.78, 5) is 2.17. The van der Waals surface area contributed by atoms with Crippen LogP contribution in [0.15, 0.2) is 28.8 Å². The van der Waals surface area contributed by atoms with Crippen molar-refractivity contribution in [1.82, 2.24) is 15.4 Å². The number of methoxy groups -OCH3 is 1. The Labute approximate surface area is 184 Å². The summed E-state index contributed by atoms with van der Waals surface area (Å²) in [7, 11) is 1.63. The average Bonchev–Trinajstić information content (AvgIpc) is 3.24. The second kappa shape index (κ2) is 11.5. The highest BCUT2D eigenvalue weighted by atomic mass is 16.5. The molecule has 1 aromatic heterocycles. The van der Waals surface area contributed by atoms with E-state index in [0.29, 0.717) is 31.3 Å². The molecule has 2 aromatic rings. The number of piperidine rings is 1. The Morgan fingerprint density at radius 3 is 2.68 bits per heavy atom. The Balaban J connectivity index is 1.52. The lowest BCUT2D eigenvalue weighted by atomic mass is 10.1. The molecule has 172 valence electrons. The number of nitrogens with zero attached hydrogens (tertiary/aromatic N) is 2. The normalized spacial score (nSPS) is 16.6. The maximum Gasteiger partial charge on any atom is 0.150 e. The average molecular weight is 434 g/mol. The van der Waals surface area contributed by atoms with Crippen molar-refractivity contribution in [1.29, 1.82) is 0 Å². The number of hydrogen-bond acceptors (Lipinski definition) is 8. The molecule has 3 N–H and O–H groups in total. The molecule has 8 heteroatoms. The molecule has 0 amide bonds. The maximum absolute atomic E-state index is 10.4. The summed E-state index contributed by atoms with van der Waals surface area (Å²) in [6.07, 6.45) is 0.701. The topological polar surface area (TPSA) is 100 Å². The Morgan fingerprint density at radius 2 is 2.00 bits per heavy atom. The number of β-amino-alcohol motifs (C(OH)–C–C–N with tert-alkyl or cyclic N) is 1. The van der Waals surface area contributed by atoms with Gasteiger partial charge >= 0.3 is 0 Å². The minimum Gasteiger partial charge on any atom is -0.497 e. The molecule has 0 aliphatic carbocycles. The van der Waals surface area contributed by atoms with Crippen LogP contribution in [0, 0.1) is 0 Å². The van der Waals surface area contributed by atoms with Crippen molar-refractivity contribution in [2.24, 2.45) is 0 Å². The first-order valence-corrected chi connectivity index (χ1v) is 11.0. The van der Waals surface area contributed by atoms with Gasteiger partial charge in [0.1, 0.15) is 24.2 Å². The van der Waals surface area contributed by atoms with Gasteiger partial charge in [0.05, 0.1) is 25.5 Å². The van der Waals surface area contributed by atoms with Gasteiger partial charge in [-0.3, -0.25) is 0 Å². The molecule has 0 saturated carbocycles. The summed E-state index contributed by atoms with van der Waals surface area (Å²) in [5, 5.41) is 27.5. The molecule has 0 radical (unpaired) electrons. The molecule has 1 aromatic carbocycles. The van der Waals surface area contributed by atoms with Crippen molar-refractivity contribution in [2.75, 3.05) is 33.4 Å². The molecule has 8 nitrogen and oxygen atoms in total. The monoisotopic (exact) mass is 433 g/mol. The molecule has 1 aliphatic heterocycles. The minimum atomic E-state index is -0.596. The zero-order chi connectivity index (χ0) is 22.2. The van der Waals surface area contributed by atoms with Gasteiger partial charge in [-0.25, -0.2) is 0 Å². The van der Waals surface area contributed by atoms with Crippen LogP contribution in [0.3, 0.4) is 0 Å². The van der Waals surface area contributed by atoms with Gasteiger partial charge in [-0.2, -0.15) is 0 Å². The van der Waals surface area contributed by atoms with Crippen molar-refractivity contribution in [3.8, 4) is 11.5 Å². The minimum absolute atomic E-state index is 0.207. The largest absolute Gasteiger partial charge is 0.497 e. The van der Waals surface area contributed by atoms with Crippen LogP contribution < -0.4 is 14.8 Å². The first kappa shape index (κ1) is 23.5. The lowest BCUT2D eigenvalue weighted by Gasteiger charge is -2.31. The van der Waals surface area contributed by atoms with E-state index in [1.807, 2.05) is 24.3 Å². The molecular formula is C23H35N3O5. The fraction of sp³-hybridized carbons (Fsp3) is 0.609. The molecule has 0 unspecified atom stereocenters. The number of aromatic nitrogens is 1. The van der Waals surface area contributed by atoms with E-state index >= 15 is 0 Å². The molecule has 31 heavy (non-hydrogen) atoms. The first-order chi connectivity index (χ1) is 14.9. The Bertz CT molecular complexity index is 802. The quantitative estimate of drug-likeness (QED) is 0.496. The van der Waals surface area contributed by atoms with Crippen molar-refractivity contribution in [2.45, 2.75) is 57.9 Å². The van der Waals surface area contributed by atoms with Crippen LogP contribution in [0.1, 0.15) is 49.6 Å². The molecule has 0 spiro atoms. The number of nitrogens with one attached hydrogen (secondary N) is 1. The summed E-state index contributed by atoms with van der Waals surface area (Å²) < 4.78 is 16.7. The van der Waals surface area contributed by atoms with Gasteiger partial charge in [0, 0.05) is 37.8 Å². The Kier molecular flexibility index (Phi) is 8.71. The molecule has 1 aliphatic rings. The van der Waals surface area contributed by atoms with E-state index < -0.39 is 6.10 Å². The summed E-state index contributed by atoms with van der Waals surface area (Å²) >= 11 is 0. The third-order valence-corrected chi connectivity index (χ3v) is 5.51. The predicted octanol–water partition coefficient (Wildman–Crippen LogP) is 2.29. The number of aliphatic hydroxyl groups is 2. The summed E-state index contributed by atoms with van der Waals surface area (Å²) in [6.45, 7) is 7.63. The van der Waals surface area contributed by atoms with E-state index in [9.17, 15) is 10.2 Å². The van der Waals surface area contributed by atoms with Crippen LogP contribution >= 0.6 is 0 Å². The number of hydrogen-bond donors (Lipinski definition) is 3. The zero-order valence-electron chi connectivity index (χ0n) is 18.7. The molecule has 0 bridgehead atoms. The maximum atomic E-state index is 10.4. The number of ether oxygens (including phenoxy) is 2. The van der Waals surface area contributed by atoms with E-state index in [1.54, 1.807) is 7.11 Å². The van der Waals surface area contributed by atoms with Crippen molar-refractivity contribution in [3.63, 3.8) is 0 Å². The van der Waals surface area contributed by atoms with E-state index in [-0.39, 0.29) is 12.7 Å². The standard InChI is InChI=1S/C23H35N3O5/c1-16(2)22-11-21(31-25-22)13-24-12-17-10-20(29-3)4-5-23(17)30-15-19(28)14-26-8-6-18(27)7-9-26/h4-5,10-11,16,18-19,24,27-28H,6-9,12-15H2,1-3H3/t19-/m1/s1. The number of aliphatic hydroxyl groups excluding tert-OH is 2. The number of likely N-dealkylation sites (tertiary alicyclic amines) is 1. The molecule has 2 heterocycles. The van der Waals surface area contributed by atoms with E-state index in [2.05, 4.69) is 29.2 Å². The number of rotatable bonds is 11. The molecule has 1 fully saturated rings. The van der Waals surface area contributed by atoms with Gasteiger partial charge < -0.3 is 34.4 Å². The summed E-state index contributed by atoms with van der Waals surface area (Å²) in [6, 6.07) is 7.62. The van der Waals surface area contributed by atoms with Crippen molar-refractivity contribution >= 4 is 0 Å². The SMILES string of the molecule is COc1ccc(OC[C@H](O)CN2CCC(O)CC2)c(CNCc2cc(C(C)C)no2)c1. The fourth-order valence-electron chi connectivity index (χ4n) is 3.61. The van der Waals surface area contributed by atoms with Crippen LogP contribution in [0.5, 0.6) is 11.5 Å². The lowest BCUT2D eigenvalue weighted by molar-refractivity contribution is 0.0336. The third-order valence-electron chi connectivity index (χ3n) is 5.51. The highest BCUT2D eigenvalue weighted by Gasteiger charge is 2.20. The van der Waals surface area contributed by atoms with Gasteiger partial charge in [-0.1, -0.05) is 19.0 Å². The summed E-state index contributed by atoms with van der Waals surface area (Å²) in [5.74, 6) is 2.58. The first-order valence-electron chi connectivity index (χ1n) is 11.0. The fourth-order valence-corrected chi connectivity index (χ4v) is 3.61.